The predicted molar refractivity (Wildman–Crippen MR) is 104 cm³/mol. The lowest BCUT2D eigenvalue weighted by atomic mass is 10.1. The molecule has 7 heteroatoms. The van der Waals surface area contributed by atoms with E-state index in [2.05, 4.69) is 5.10 Å². The SMILES string of the molecule is CCOC(=O)C=Cc1cc(OC(C)C)nn1C(C)c1ccc(Cl)cc1Cl. The smallest absolute Gasteiger partial charge is 0.330 e. The molecule has 0 fully saturated rings. The van der Waals surface area contributed by atoms with Crippen LogP contribution in [-0.4, -0.2) is 28.5 Å². The number of carbonyl (C=O) groups excluding carboxylic acids is 1. The molecule has 2 aromatic rings. The van der Waals surface area contributed by atoms with E-state index in [9.17, 15) is 4.79 Å². The molecule has 0 radical (unpaired) electrons. The average Bonchev–Trinajstić information content (AvgIpc) is 2.94. The molecule has 1 atom stereocenters. The molecule has 2 rings (SSSR count). The minimum atomic E-state index is -0.413. The van der Waals surface area contributed by atoms with Crippen LogP contribution >= 0.6 is 23.2 Å². The Balaban J connectivity index is 2.40. The Labute approximate surface area is 163 Å². The number of aromatic nitrogens is 2. The van der Waals surface area contributed by atoms with Crippen molar-refractivity contribution in [1.29, 1.82) is 0 Å². The van der Waals surface area contributed by atoms with Gasteiger partial charge in [0.2, 0.25) is 5.88 Å². The molecule has 26 heavy (non-hydrogen) atoms. The number of rotatable bonds is 7. The van der Waals surface area contributed by atoms with Gasteiger partial charge < -0.3 is 9.47 Å². The minimum absolute atomic E-state index is 0.0188. The van der Waals surface area contributed by atoms with Gasteiger partial charge >= 0.3 is 5.97 Å². The second kappa shape index (κ2) is 9.10. The van der Waals surface area contributed by atoms with E-state index < -0.39 is 5.97 Å². The van der Waals surface area contributed by atoms with Crippen LogP contribution in [0.4, 0.5) is 0 Å². The van der Waals surface area contributed by atoms with Crippen molar-refractivity contribution in [2.75, 3.05) is 6.61 Å². The molecule has 1 unspecified atom stereocenters. The van der Waals surface area contributed by atoms with E-state index in [0.717, 1.165) is 5.56 Å². The first-order valence-corrected chi connectivity index (χ1v) is 9.13. The van der Waals surface area contributed by atoms with Crippen molar-refractivity contribution in [2.45, 2.75) is 39.8 Å². The zero-order chi connectivity index (χ0) is 19.3. The number of hydrogen-bond donors (Lipinski definition) is 0. The van der Waals surface area contributed by atoms with Crippen LogP contribution in [0.15, 0.2) is 30.3 Å². The summed E-state index contributed by atoms with van der Waals surface area (Å²) in [6.07, 6.45) is 3.00. The molecular weight excluding hydrogens is 375 g/mol. The quantitative estimate of drug-likeness (QED) is 0.478. The molecule has 0 saturated carbocycles. The highest BCUT2D eigenvalue weighted by atomic mass is 35.5. The molecule has 0 saturated heterocycles. The third-order valence-corrected chi connectivity index (χ3v) is 4.12. The fourth-order valence-electron chi connectivity index (χ4n) is 2.44. The number of nitrogens with zero attached hydrogens (tertiary/aromatic N) is 2. The summed E-state index contributed by atoms with van der Waals surface area (Å²) < 4.78 is 12.4. The van der Waals surface area contributed by atoms with Crippen LogP contribution in [0.3, 0.4) is 0 Å². The Hall–Kier alpha value is -1.98. The highest BCUT2D eigenvalue weighted by Gasteiger charge is 2.18. The summed E-state index contributed by atoms with van der Waals surface area (Å²) in [5.41, 5.74) is 1.56. The van der Waals surface area contributed by atoms with Crippen molar-refractivity contribution in [3.63, 3.8) is 0 Å². The van der Waals surface area contributed by atoms with Crippen molar-refractivity contribution < 1.29 is 14.3 Å². The molecule has 0 aliphatic rings. The van der Waals surface area contributed by atoms with Gasteiger partial charge in [0.1, 0.15) is 0 Å². The molecule has 1 heterocycles. The second-order valence-electron chi connectivity index (χ2n) is 5.95. The third-order valence-electron chi connectivity index (χ3n) is 3.55. The number of hydrogen-bond acceptors (Lipinski definition) is 4. The van der Waals surface area contributed by atoms with Crippen LogP contribution in [0.25, 0.3) is 6.08 Å². The first kappa shape index (κ1) is 20.3. The predicted octanol–water partition coefficient (Wildman–Crippen LogP) is 5.16. The molecule has 0 bridgehead atoms. The first-order chi connectivity index (χ1) is 12.3. The molecule has 0 spiro atoms. The van der Waals surface area contributed by atoms with Gasteiger partial charge in [-0.2, -0.15) is 0 Å². The van der Waals surface area contributed by atoms with Crippen LogP contribution in [0.1, 0.15) is 45.0 Å². The number of carbonyl (C=O) groups is 1. The molecular formula is C19H22Cl2N2O3. The Kier molecular flexibility index (Phi) is 7.12. The van der Waals surface area contributed by atoms with Crippen molar-refractivity contribution in [3.05, 3.63) is 51.6 Å². The maximum atomic E-state index is 11.6. The number of benzene rings is 1. The molecule has 1 aromatic heterocycles. The Morgan fingerprint density at radius 3 is 2.62 bits per heavy atom. The molecule has 0 aliphatic heterocycles. The van der Waals surface area contributed by atoms with Crippen molar-refractivity contribution in [2.24, 2.45) is 0 Å². The molecule has 5 nitrogen and oxygen atoms in total. The monoisotopic (exact) mass is 396 g/mol. The van der Waals surface area contributed by atoms with E-state index >= 15 is 0 Å². The standard InChI is InChI=1S/C19H22Cl2N2O3/c1-5-25-19(24)9-7-15-11-18(26-12(2)3)22-23(15)13(4)16-8-6-14(20)10-17(16)21/h6-13H,5H2,1-4H3. The molecule has 0 aliphatic carbocycles. The van der Waals surface area contributed by atoms with Gasteiger partial charge in [-0.05, 0) is 51.5 Å². The molecule has 0 amide bonds. The third kappa shape index (κ3) is 5.26. The van der Waals surface area contributed by atoms with Gasteiger partial charge in [0.25, 0.3) is 0 Å². The summed E-state index contributed by atoms with van der Waals surface area (Å²) in [4.78, 5) is 11.6. The van der Waals surface area contributed by atoms with Crippen LogP contribution in [0.2, 0.25) is 10.0 Å². The van der Waals surface area contributed by atoms with Crippen molar-refractivity contribution in [3.8, 4) is 5.88 Å². The van der Waals surface area contributed by atoms with Gasteiger partial charge in [0.15, 0.2) is 0 Å². The zero-order valence-electron chi connectivity index (χ0n) is 15.2. The van der Waals surface area contributed by atoms with Gasteiger partial charge in [0, 0.05) is 22.2 Å². The normalized spacial score (nSPS) is 12.6. The number of esters is 1. The van der Waals surface area contributed by atoms with Crippen LogP contribution < -0.4 is 4.74 Å². The first-order valence-electron chi connectivity index (χ1n) is 8.37. The summed E-state index contributed by atoms with van der Waals surface area (Å²) in [5.74, 6) is 0.0594. The molecule has 0 N–H and O–H groups in total. The maximum absolute atomic E-state index is 11.6. The summed E-state index contributed by atoms with van der Waals surface area (Å²) in [5, 5.41) is 5.63. The largest absolute Gasteiger partial charge is 0.474 e. The van der Waals surface area contributed by atoms with E-state index in [1.165, 1.54) is 6.08 Å². The van der Waals surface area contributed by atoms with Crippen LogP contribution in [0.5, 0.6) is 5.88 Å². The minimum Gasteiger partial charge on any atom is -0.474 e. The second-order valence-corrected chi connectivity index (χ2v) is 6.79. The van der Waals surface area contributed by atoms with E-state index in [1.54, 1.807) is 35.9 Å². The van der Waals surface area contributed by atoms with Crippen LogP contribution in [0, 0.1) is 0 Å². The Bertz CT molecular complexity index is 800. The van der Waals surface area contributed by atoms with Gasteiger partial charge in [-0.15, -0.1) is 5.10 Å². The van der Waals surface area contributed by atoms with E-state index in [-0.39, 0.29) is 12.1 Å². The highest BCUT2D eigenvalue weighted by molar-refractivity contribution is 6.35. The lowest BCUT2D eigenvalue weighted by Gasteiger charge is -2.16. The summed E-state index contributed by atoms with van der Waals surface area (Å²) in [7, 11) is 0. The maximum Gasteiger partial charge on any atom is 0.330 e. The van der Waals surface area contributed by atoms with Gasteiger partial charge in [-0.1, -0.05) is 29.3 Å². The average molecular weight is 397 g/mol. The fraction of sp³-hybridized carbons (Fsp3) is 0.368. The Morgan fingerprint density at radius 1 is 1.27 bits per heavy atom. The lowest BCUT2D eigenvalue weighted by Crippen LogP contribution is -2.12. The van der Waals surface area contributed by atoms with Gasteiger partial charge in [-0.25, -0.2) is 4.79 Å². The molecule has 1 aromatic carbocycles. The Morgan fingerprint density at radius 2 is 2.00 bits per heavy atom. The summed E-state index contributed by atoms with van der Waals surface area (Å²) >= 11 is 12.3. The van der Waals surface area contributed by atoms with E-state index in [4.69, 9.17) is 32.7 Å². The van der Waals surface area contributed by atoms with E-state index in [0.29, 0.717) is 28.2 Å². The van der Waals surface area contributed by atoms with E-state index in [1.807, 2.05) is 26.8 Å². The highest BCUT2D eigenvalue weighted by Crippen LogP contribution is 2.30. The zero-order valence-corrected chi connectivity index (χ0v) is 16.7. The summed E-state index contributed by atoms with van der Waals surface area (Å²) in [6.45, 7) is 7.89. The van der Waals surface area contributed by atoms with Gasteiger partial charge in [-0.3, -0.25) is 4.68 Å². The van der Waals surface area contributed by atoms with Crippen LogP contribution in [-0.2, 0) is 9.53 Å². The van der Waals surface area contributed by atoms with Crippen molar-refractivity contribution in [1.82, 2.24) is 9.78 Å². The number of ether oxygens (including phenoxy) is 2. The fourth-order valence-corrected chi connectivity index (χ4v) is 3.00. The topological polar surface area (TPSA) is 53.4 Å². The van der Waals surface area contributed by atoms with Gasteiger partial charge in [0.05, 0.1) is 24.4 Å². The lowest BCUT2D eigenvalue weighted by molar-refractivity contribution is -0.137. The number of halogens is 2. The summed E-state index contributed by atoms with van der Waals surface area (Å²) in [6, 6.07) is 6.92. The van der Waals surface area contributed by atoms with Crippen molar-refractivity contribution >= 4 is 35.2 Å². The molecule has 140 valence electrons.